The molecule has 0 saturated heterocycles. The van der Waals surface area contributed by atoms with E-state index in [1.807, 2.05) is 19.9 Å². The zero-order valence-corrected chi connectivity index (χ0v) is 12.6. The van der Waals surface area contributed by atoms with Crippen LogP contribution >= 0.6 is 15.9 Å². The van der Waals surface area contributed by atoms with E-state index in [1.165, 1.54) is 0 Å². The number of carbonyl (C=O) groups is 1. The highest BCUT2D eigenvalue weighted by Crippen LogP contribution is 2.29. The number of hydrogen-bond donors (Lipinski definition) is 0. The van der Waals surface area contributed by atoms with Gasteiger partial charge in [-0.2, -0.15) is 0 Å². The molecule has 2 aromatic heterocycles. The van der Waals surface area contributed by atoms with Crippen LogP contribution in [-0.4, -0.2) is 15.3 Å². The minimum absolute atomic E-state index is 0.262. The average molecular weight is 319 g/mol. The van der Waals surface area contributed by atoms with Gasteiger partial charge in [0.25, 0.3) is 0 Å². The fourth-order valence-electron chi connectivity index (χ4n) is 2.79. The molecule has 0 aromatic carbocycles. The van der Waals surface area contributed by atoms with Crippen molar-refractivity contribution in [1.29, 1.82) is 0 Å². The maximum absolute atomic E-state index is 12.0. The summed E-state index contributed by atoms with van der Waals surface area (Å²) < 4.78 is 3.11. The second kappa shape index (κ2) is 4.60. The van der Waals surface area contributed by atoms with Crippen molar-refractivity contribution in [2.24, 2.45) is 0 Å². The molecule has 3 rings (SSSR count). The van der Waals surface area contributed by atoms with E-state index >= 15 is 0 Å². The van der Waals surface area contributed by atoms with Gasteiger partial charge in [-0.15, -0.1) is 0 Å². The van der Waals surface area contributed by atoms with E-state index in [1.54, 1.807) is 6.20 Å². The van der Waals surface area contributed by atoms with Crippen LogP contribution in [0.4, 0.5) is 0 Å². The van der Waals surface area contributed by atoms with Gasteiger partial charge in [-0.3, -0.25) is 4.79 Å². The smallest absolute Gasteiger partial charge is 0.164 e. The summed E-state index contributed by atoms with van der Waals surface area (Å²) in [5, 5.41) is 0. The molecule has 4 heteroatoms. The first-order valence-corrected chi connectivity index (χ1v) is 7.24. The van der Waals surface area contributed by atoms with Gasteiger partial charge in [-0.1, -0.05) is 0 Å². The first kappa shape index (κ1) is 12.6. The second-order valence-corrected chi connectivity index (χ2v) is 5.97. The van der Waals surface area contributed by atoms with E-state index in [0.717, 1.165) is 45.6 Å². The number of Topliss-reactive ketones (excluding diaryl/α,β-unsaturated/α-hetero) is 1. The number of fused-ring (bicyclic) bond motifs is 1. The number of pyridine rings is 1. The quantitative estimate of drug-likeness (QED) is 0.802. The zero-order chi connectivity index (χ0) is 13.6. The van der Waals surface area contributed by atoms with E-state index in [0.29, 0.717) is 6.42 Å². The molecule has 0 fully saturated rings. The summed E-state index contributed by atoms with van der Waals surface area (Å²) in [5.74, 6) is 1.19. The molecule has 0 bridgehead atoms. The lowest BCUT2D eigenvalue weighted by Crippen LogP contribution is -2.14. The molecular formula is C15H15BrN2O. The molecule has 0 amide bonds. The minimum Gasteiger partial charge on any atom is -0.302 e. The summed E-state index contributed by atoms with van der Waals surface area (Å²) in [6, 6.07) is 4.05. The van der Waals surface area contributed by atoms with E-state index in [4.69, 9.17) is 0 Å². The van der Waals surface area contributed by atoms with Gasteiger partial charge < -0.3 is 4.57 Å². The SMILES string of the molecule is Cc1cc(Br)cnc1-n1c(C)cc2c1CCCC2=O. The molecule has 0 saturated carbocycles. The van der Waals surface area contributed by atoms with Gasteiger partial charge in [0.2, 0.25) is 0 Å². The van der Waals surface area contributed by atoms with Gasteiger partial charge >= 0.3 is 0 Å². The Bertz CT molecular complexity index is 673. The molecule has 0 atom stereocenters. The maximum Gasteiger partial charge on any atom is 0.164 e. The number of aromatic nitrogens is 2. The van der Waals surface area contributed by atoms with Crippen molar-refractivity contribution < 1.29 is 4.79 Å². The largest absolute Gasteiger partial charge is 0.302 e. The highest BCUT2D eigenvalue weighted by Gasteiger charge is 2.24. The van der Waals surface area contributed by atoms with Crippen molar-refractivity contribution in [2.75, 3.05) is 0 Å². The average Bonchev–Trinajstić information content (AvgIpc) is 2.68. The lowest BCUT2D eigenvalue weighted by molar-refractivity contribution is 0.0972. The van der Waals surface area contributed by atoms with Crippen molar-refractivity contribution in [2.45, 2.75) is 33.1 Å². The van der Waals surface area contributed by atoms with Crippen LogP contribution in [0.15, 0.2) is 22.8 Å². The molecule has 0 N–H and O–H groups in total. The van der Waals surface area contributed by atoms with Crippen LogP contribution in [0.25, 0.3) is 5.82 Å². The van der Waals surface area contributed by atoms with Gasteiger partial charge in [0, 0.05) is 34.0 Å². The second-order valence-electron chi connectivity index (χ2n) is 5.05. The Morgan fingerprint density at radius 2 is 2.05 bits per heavy atom. The zero-order valence-electron chi connectivity index (χ0n) is 11.0. The van der Waals surface area contributed by atoms with E-state index in [-0.39, 0.29) is 5.78 Å². The van der Waals surface area contributed by atoms with Gasteiger partial charge in [-0.25, -0.2) is 4.98 Å². The van der Waals surface area contributed by atoms with Gasteiger partial charge in [0.15, 0.2) is 5.78 Å². The third kappa shape index (κ3) is 2.04. The summed E-state index contributed by atoms with van der Waals surface area (Å²) in [7, 11) is 0. The maximum atomic E-state index is 12.0. The Kier molecular flexibility index (Phi) is 3.05. The Balaban J connectivity index is 2.23. The molecule has 2 heterocycles. The van der Waals surface area contributed by atoms with Crippen molar-refractivity contribution in [3.05, 3.63) is 45.3 Å². The van der Waals surface area contributed by atoms with Crippen LogP contribution in [0.3, 0.4) is 0 Å². The van der Waals surface area contributed by atoms with Crippen LogP contribution < -0.4 is 0 Å². The van der Waals surface area contributed by atoms with Crippen LogP contribution in [0.1, 0.15) is 40.2 Å². The molecule has 0 radical (unpaired) electrons. The summed E-state index contributed by atoms with van der Waals surface area (Å²) in [6.07, 6.45) is 4.36. The molecule has 0 unspecified atom stereocenters. The van der Waals surface area contributed by atoms with Crippen LogP contribution in [0.2, 0.25) is 0 Å². The normalized spacial score (nSPS) is 14.6. The van der Waals surface area contributed by atoms with E-state index in [2.05, 4.69) is 31.5 Å². The molecular weight excluding hydrogens is 304 g/mol. The Labute approximate surface area is 120 Å². The molecule has 3 nitrogen and oxygen atoms in total. The molecule has 1 aliphatic rings. The highest BCUT2D eigenvalue weighted by molar-refractivity contribution is 9.10. The predicted molar refractivity (Wildman–Crippen MR) is 78.0 cm³/mol. The van der Waals surface area contributed by atoms with Crippen molar-refractivity contribution in [3.8, 4) is 5.82 Å². The first-order chi connectivity index (χ1) is 9.08. The molecule has 2 aromatic rings. The van der Waals surface area contributed by atoms with Crippen molar-refractivity contribution >= 4 is 21.7 Å². The number of rotatable bonds is 1. The van der Waals surface area contributed by atoms with Gasteiger partial charge in [-0.05, 0) is 60.3 Å². The molecule has 98 valence electrons. The number of carbonyl (C=O) groups excluding carboxylic acids is 1. The van der Waals surface area contributed by atoms with Crippen molar-refractivity contribution in [3.63, 3.8) is 0 Å². The third-order valence-electron chi connectivity index (χ3n) is 3.63. The number of nitrogens with zero attached hydrogens (tertiary/aromatic N) is 2. The van der Waals surface area contributed by atoms with Gasteiger partial charge in [0.05, 0.1) is 0 Å². The summed E-state index contributed by atoms with van der Waals surface area (Å²) in [4.78, 5) is 16.5. The lowest BCUT2D eigenvalue weighted by Gasteiger charge is -2.16. The Morgan fingerprint density at radius 3 is 2.79 bits per heavy atom. The number of hydrogen-bond acceptors (Lipinski definition) is 2. The lowest BCUT2D eigenvalue weighted by atomic mass is 9.96. The summed E-state index contributed by atoms with van der Waals surface area (Å²) in [6.45, 7) is 4.08. The van der Waals surface area contributed by atoms with E-state index < -0.39 is 0 Å². The third-order valence-corrected chi connectivity index (χ3v) is 4.07. The number of halogens is 1. The van der Waals surface area contributed by atoms with Crippen LogP contribution in [-0.2, 0) is 6.42 Å². The summed E-state index contributed by atoms with van der Waals surface area (Å²) in [5.41, 5.74) is 4.19. The minimum atomic E-state index is 0.262. The van der Waals surface area contributed by atoms with Crippen LogP contribution in [0.5, 0.6) is 0 Å². The number of ketones is 1. The van der Waals surface area contributed by atoms with Crippen molar-refractivity contribution in [1.82, 2.24) is 9.55 Å². The molecule has 1 aliphatic carbocycles. The molecule has 19 heavy (non-hydrogen) atoms. The fraction of sp³-hybridized carbons (Fsp3) is 0.333. The Morgan fingerprint density at radius 1 is 1.26 bits per heavy atom. The Hall–Kier alpha value is -1.42. The standard InChI is InChI=1S/C15H15BrN2O/c1-9-6-11(16)8-17-15(9)18-10(2)7-12-13(18)4-3-5-14(12)19/h6-8H,3-5H2,1-2H3. The number of aryl methyl sites for hydroxylation is 2. The molecule has 0 spiro atoms. The molecule has 0 aliphatic heterocycles. The fourth-order valence-corrected chi connectivity index (χ4v) is 3.24. The highest BCUT2D eigenvalue weighted by atomic mass is 79.9. The van der Waals surface area contributed by atoms with E-state index in [9.17, 15) is 4.79 Å². The first-order valence-electron chi connectivity index (χ1n) is 6.45. The van der Waals surface area contributed by atoms with Gasteiger partial charge in [0.1, 0.15) is 5.82 Å². The predicted octanol–water partition coefficient (Wildman–Crippen LogP) is 3.77. The summed E-state index contributed by atoms with van der Waals surface area (Å²) >= 11 is 3.44. The van der Waals surface area contributed by atoms with Crippen LogP contribution in [0, 0.1) is 13.8 Å². The topological polar surface area (TPSA) is 34.9 Å². The monoisotopic (exact) mass is 318 g/mol.